The molecule has 2 heterocycles. The van der Waals surface area contributed by atoms with Gasteiger partial charge < -0.3 is 9.64 Å². The molecule has 0 spiro atoms. The second-order valence-electron chi connectivity index (χ2n) is 6.62. The van der Waals surface area contributed by atoms with Crippen LogP contribution in [0.1, 0.15) is 24.3 Å². The van der Waals surface area contributed by atoms with E-state index in [1.54, 1.807) is 56.2 Å². The van der Waals surface area contributed by atoms with Gasteiger partial charge in [-0.25, -0.2) is 14.4 Å². The third-order valence-electron chi connectivity index (χ3n) is 4.03. The van der Waals surface area contributed by atoms with Crippen molar-refractivity contribution >= 4 is 75.6 Å². The molecule has 0 saturated carbocycles. The third-order valence-corrected chi connectivity index (χ3v) is 8.00. The number of nitrogens with one attached hydrogen (secondary N) is 3. The molecule has 0 unspecified atom stereocenters. The minimum atomic E-state index is -0.425. The molecule has 0 saturated heterocycles. The largest absolute Gasteiger partial charge is 0.468 e. The third kappa shape index (κ3) is 10.1. The lowest BCUT2D eigenvalue weighted by atomic mass is 10.3. The second kappa shape index (κ2) is 16.0. The van der Waals surface area contributed by atoms with Gasteiger partial charge in [-0.1, -0.05) is 30.0 Å². The Kier molecular flexibility index (Phi) is 13.1. The lowest BCUT2D eigenvalue weighted by molar-refractivity contribution is -0.128. The van der Waals surface area contributed by atoms with E-state index >= 15 is 0 Å². The van der Waals surface area contributed by atoms with Gasteiger partial charge in [0.1, 0.15) is 16.5 Å². The molecule has 14 heteroatoms. The highest BCUT2D eigenvalue weighted by atomic mass is 32.2. The average molecular weight is 581 g/mol. The number of hydrogen-bond donors (Lipinski definition) is 3. The summed E-state index contributed by atoms with van der Waals surface area (Å²) < 4.78 is 18.4. The molecular weight excluding hydrogens is 556 g/mol. The van der Waals surface area contributed by atoms with Gasteiger partial charge in [0.15, 0.2) is 10.3 Å². The van der Waals surface area contributed by atoms with E-state index in [1.165, 1.54) is 40.1 Å². The first-order valence-corrected chi connectivity index (χ1v) is 14.1. The van der Waals surface area contributed by atoms with E-state index in [0.717, 1.165) is 33.0 Å². The number of aromatic nitrogens is 2. The summed E-state index contributed by atoms with van der Waals surface area (Å²) in [4.78, 5) is 33.7. The molecule has 0 aliphatic rings. The predicted octanol–water partition coefficient (Wildman–Crippen LogP) is 5.94. The van der Waals surface area contributed by atoms with Crippen molar-refractivity contribution in [2.75, 3.05) is 24.7 Å². The SMILES string of the molecule is CCOC=O.CCSc1cnc(NC(=O)c2nc(SC(=N)N(C)C=N)ccc2Sc2ccc(F)cc2)s1. The predicted molar refractivity (Wildman–Crippen MR) is 149 cm³/mol. The summed E-state index contributed by atoms with van der Waals surface area (Å²) >= 11 is 5.36. The molecule has 37 heavy (non-hydrogen) atoms. The van der Waals surface area contributed by atoms with Gasteiger partial charge in [0, 0.05) is 16.8 Å². The van der Waals surface area contributed by atoms with Crippen LogP contribution in [0.2, 0.25) is 0 Å². The van der Waals surface area contributed by atoms with E-state index in [2.05, 4.69) is 20.0 Å². The molecule has 0 atom stereocenters. The van der Waals surface area contributed by atoms with E-state index in [1.807, 2.05) is 6.92 Å². The van der Waals surface area contributed by atoms with Crippen molar-refractivity contribution in [1.82, 2.24) is 14.9 Å². The Labute approximate surface area is 231 Å². The summed E-state index contributed by atoms with van der Waals surface area (Å²) in [6.45, 7) is 4.71. The number of thiazole rings is 1. The number of carbonyl (C=O) groups excluding carboxylic acids is 2. The van der Waals surface area contributed by atoms with Gasteiger partial charge in [-0.3, -0.25) is 25.7 Å². The van der Waals surface area contributed by atoms with Crippen molar-refractivity contribution in [2.45, 2.75) is 32.9 Å². The zero-order valence-electron chi connectivity index (χ0n) is 20.2. The molecule has 0 aliphatic heterocycles. The molecule has 3 aromatic rings. The molecule has 196 valence electrons. The fraction of sp³-hybridized carbons (Fsp3) is 0.217. The molecule has 0 bridgehead atoms. The summed E-state index contributed by atoms with van der Waals surface area (Å²) in [6, 6.07) is 9.44. The Balaban J connectivity index is 0.000000877. The number of pyridine rings is 1. The van der Waals surface area contributed by atoms with Crippen molar-refractivity contribution in [1.29, 1.82) is 10.8 Å². The number of rotatable bonds is 10. The Bertz CT molecular complexity index is 1210. The lowest BCUT2D eigenvalue weighted by Gasteiger charge is -2.14. The lowest BCUT2D eigenvalue weighted by Crippen LogP contribution is -2.21. The highest BCUT2D eigenvalue weighted by Crippen LogP contribution is 2.33. The van der Waals surface area contributed by atoms with Gasteiger partial charge in [-0.05, 0) is 60.8 Å². The highest BCUT2D eigenvalue weighted by molar-refractivity contribution is 8.13. The molecular formula is C23H25FN6O3S4. The standard InChI is InChI=1S/C20H19FN6OS4.C3H6O2/c1-3-29-16-10-24-20(32-16)26-18(28)17-14(30-13-6-4-12(21)5-7-13)8-9-15(25-17)31-19(23)27(2)11-22;1-2-5-3-4/h4-11,22-23H,3H2,1-2H3,(H,24,26,28);3H,2H2,1H3. The van der Waals surface area contributed by atoms with Crippen LogP contribution < -0.4 is 5.32 Å². The van der Waals surface area contributed by atoms with E-state index in [9.17, 15) is 14.0 Å². The molecule has 3 N–H and O–H groups in total. The molecule has 0 radical (unpaired) electrons. The zero-order chi connectivity index (χ0) is 27.2. The number of ether oxygens (including phenoxy) is 1. The van der Waals surface area contributed by atoms with E-state index in [4.69, 9.17) is 10.8 Å². The maximum absolute atomic E-state index is 13.3. The number of thioether (sulfide) groups is 2. The molecule has 0 fully saturated rings. The maximum atomic E-state index is 13.3. The van der Waals surface area contributed by atoms with E-state index < -0.39 is 5.91 Å². The number of benzene rings is 1. The Morgan fingerprint density at radius 1 is 1.24 bits per heavy atom. The first-order chi connectivity index (χ1) is 17.8. The van der Waals surface area contributed by atoms with Gasteiger partial charge in [0.2, 0.25) is 0 Å². The number of amidine groups is 1. The molecule has 3 rings (SSSR count). The van der Waals surface area contributed by atoms with Crippen molar-refractivity contribution in [2.24, 2.45) is 0 Å². The maximum Gasteiger partial charge on any atom is 0.293 e. The van der Waals surface area contributed by atoms with Gasteiger partial charge in [-0.2, -0.15) is 0 Å². The van der Waals surface area contributed by atoms with Gasteiger partial charge in [0.05, 0.1) is 23.4 Å². The summed E-state index contributed by atoms with van der Waals surface area (Å²) in [5.74, 6) is 0.146. The quantitative estimate of drug-likeness (QED) is 0.115. The van der Waals surface area contributed by atoms with Crippen molar-refractivity contribution in [3.63, 3.8) is 0 Å². The average Bonchev–Trinajstić information content (AvgIpc) is 3.33. The van der Waals surface area contributed by atoms with Gasteiger partial charge in [-0.15, -0.1) is 11.8 Å². The number of nitrogens with zero attached hydrogens (tertiary/aromatic N) is 3. The first kappa shape index (κ1) is 30.3. The summed E-state index contributed by atoms with van der Waals surface area (Å²) in [7, 11) is 1.59. The van der Waals surface area contributed by atoms with Crippen molar-refractivity contribution in [3.05, 3.63) is 54.1 Å². The Morgan fingerprint density at radius 2 is 1.97 bits per heavy atom. The van der Waals surface area contributed by atoms with Crippen LogP contribution in [0.3, 0.4) is 0 Å². The summed E-state index contributed by atoms with van der Waals surface area (Å²) in [5, 5.41) is 19.1. The van der Waals surface area contributed by atoms with Crippen LogP contribution in [0, 0.1) is 16.6 Å². The topological polar surface area (TPSA) is 132 Å². The molecule has 0 aliphatic carbocycles. The van der Waals surface area contributed by atoms with Crippen LogP contribution in [-0.4, -0.2) is 58.2 Å². The minimum Gasteiger partial charge on any atom is -0.468 e. The van der Waals surface area contributed by atoms with Crippen LogP contribution >= 0.6 is 46.6 Å². The molecule has 1 aromatic carbocycles. The number of amides is 1. The number of hydrogen-bond acceptors (Lipinski definition) is 11. The van der Waals surface area contributed by atoms with Crippen LogP contribution in [0.15, 0.2) is 61.6 Å². The Hall–Kier alpha value is -2.94. The number of anilines is 1. The monoisotopic (exact) mass is 580 g/mol. The van der Waals surface area contributed by atoms with Crippen LogP contribution in [0.4, 0.5) is 9.52 Å². The van der Waals surface area contributed by atoms with Gasteiger partial charge >= 0.3 is 0 Å². The van der Waals surface area contributed by atoms with Crippen LogP contribution in [-0.2, 0) is 9.53 Å². The smallest absolute Gasteiger partial charge is 0.293 e. The normalized spacial score (nSPS) is 10.1. The molecule has 1 amide bonds. The Morgan fingerprint density at radius 3 is 2.57 bits per heavy atom. The first-order valence-electron chi connectivity index (χ1n) is 10.7. The second-order valence-corrected chi connectivity index (χ2v) is 11.3. The summed E-state index contributed by atoms with van der Waals surface area (Å²) in [6.07, 6.45) is 2.74. The number of carbonyl (C=O) groups is 2. The molecule has 2 aromatic heterocycles. The highest BCUT2D eigenvalue weighted by Gasteiger charge is 2.19. The van der Waals surface area contributed by atoms with E-state index in [0.29, 0.717) is 28.1 Å². The van der Waals surface area contributed by atoms with Crippen molar-refractivity contribution in [3.8, 4) is 0 Å². The van der Waals surface area contributed by atoms with Crippen molar-refractivity contribution < 1.29 is 18.7 Å². The molecule has 9 nitrogen and oxygen atoms in total. The number of halogens is 1. The zero-order valence-corrected chi connectivity index (χ0v) is 23.5. The van der Waals surface area contributed by atoms with E-state index in [-0.39, 0.29) is 16.7 Å². The van der Waals surface area contributed by atoms with Crippen LogP contribution in [0.5, 0.6) is 0 Å². The fourth-order valence-corrected chi connectivity index (χ4v) is 5.69. The summed E-state index contributed by atoms with van der Waals surface area (Å²) in [5.41, 5.74) is 0.175. The van der Waals surface area contributed by atoms with Gasteiger partial charge in [0.25, 0.3) is 12.4 Å². The minimum absolute atomic E-state index is 0.0963. The fourth-order valence-electron chi connectivity index (χ4n) is 2.34. The van der Waals surface area contributed by atoms with Crippen LogP contribution in [0.25, 0.3) is 0 Å².